The molecule has 0 amide bonds. The van der Waals surface area contributed by atoms with Gasteiger partial charge in [-0.1, -0.05) is 23.2 Å². The van der Waals surface area contributed by atoms with Gasteiger partial charge in [-0.15, -0.1) is 0 Å². The van der Waals surface area contributed by atoms with Gasteiger partial charge in [0.2, 0.25) is 0 Å². The van der Waals surface area contributed by atoms with Crippen LogP contribution >= 0.6 is 11.1 Å². The van der Waals surface area contributed by atoms with Crippen molar-refractivity contribution in [2.75, 3.05) is 0 Å². The first-order chi connectivity index (χ1) is 9.74. The molecule has 2 atom stereocenters. The summed E-state index contributed by atoms with van der Waals surface area (Å²) in [7, 11) is 0. The Kier molecular flexibility index (Phi) is 2.68. The van der Waals surface area contributed by atoms with Gasteiger partial charge in [0, 0.05) is 5.92 Å². The molecule has 4 nitrogen and oxygen atoms in total. The fourth-order valence-corrected chi connectivity index (χ4v) is 4.95. The topological polar surface area (TPSA) is 50.4 Å². The predicted molar refractivity (Wildman–Crippen MR) is 77.8 cm³/mol. The van der Waals surface area contributed by atoms with Gasteiger partial charge < -0.3 is 5.11 Å². The van der Waals surface area contributed by atoms with E-state index in [0.29, 0.717) is 11.5 Å². The van der Waals surface area contributed by atoms with Crippen molar-refractivity contribution in [2.24, 2.45) is 10.9 Å². The molecule has 1 saturated carbocycles. The zero-order valence-electron chi connectivity index (χ0n) is 10.6. The van der Waals surface area contributed by atoms with Gasteiger partial charge in [0.1, 0.15) is 17.6 Å². The first-order valence-electron chi connectivity index (χ1n) is 6.58. The Labute approximate surface area is 118 Å². The molecule has 2 aliphatic rings. The first-order valence-corrected chi connectivity index (χ1v) is 7.94. The van der Waals surface area contributed by atoms with Crippen molar-refractivity contribution in [3.63, 3.8) is 0 Å². The number of imidazole rings is 1. The quantitative estimate of drug-likeness (QED) is 0.854. The SMILES string of the molecule is OC(c1cccc(F)c1)[SH]1C(C2CC2)=Nc2cncn21. The number of fused-ring (bicyclic) bond motifs is 1. The number of hydrogen-bond acceptors (Lipinski definition) is 3. The van der Waals surface area contributed by atoms with Gasteiger partial charge in [0.15, 0.2) is 5.82 Å². The summed E-state index contributed by atoms with van der Waals surface area (Å²) in [4.78, 5) is 8.70. The van der Waals surface area contributed by atoms with Gasteiger partial charge in [-0.25, -0.2) is 14.4 Å². The van der Waals surface area contributed by atoms with E-state index in [0.717, 1.165) is 23.7 Å². The van der Waals surface area contributed by atoms with Crippen LogP contribution in [-0.4, -0.2) is 19.1 Å². The molecule has 2 aromatic rings. The van der Waals surface area contributed by atoms with E-state index in [-0.39, 0.29) is 5.82 Å². The number of aliphatic imine (C=N–C) groups is 1. The number of aliphatic hydroxyl groups is 1. The highest BCUT2D eigenvalue weighted by atomic mass is 32.2. The van der Waals surface area contributed by atoms with Crippen LogP contribution in [-0.2, 0) is 0 Å². The fraction of sp³-hybridized carbons (Fsp3) is 0.286. The molecule has 1 aliphatic carbocycles. The zero-order valence-corrected chi connectivity index (χ0v) is 11.5. The average Bonchev–Trinajstić information content (AvgIpc) is 3.07. The van der Waals surface area contributed by atoms with Gasteiger partial charge in [0.25, 0.3) is 0 Å². The second-order valence-electron chi connectivity index (χ2n) is 5.11. The van der Waals surface area contributed by atoms with E-state index >= 15 is 0 Å². The summed E-state index contributed by atoms with van der Waals surface area (Å²) in [6, 6.07) is 6.17. The van der Waals surface area contributed by atoms with E-state index in [1.165, 1.54) is 12.1 Å². The summed E-state index contributed by atoms with van der Waals surface area (Å²) >= 11 is -1.02. The molecule has 20 heavy (non-hydrogen) atoms. The summed E-state index contributed by atoms with van der Waals surface area (Å²) in [6.07, 6.45) is 5.68. The molecular formula is C14H14FN3OS. The van der Waals surface area contributed by atoms with Gasteiger partial charge >= 0.3 is 0 Å². The second-order valence-corrected chi connectivity index (χ2v) is 7.18. The van der Waals surface area contributed by atoms with E-state index in [1.54, 1.807) is 24.7 Å². The molecule has 1 aromatic carbocycles. The molecule has 0 radical (unpaired) electrons. The van der Waals surface area contributed by atoms with Gasteiger partial charge in [-0.3, -0.25) is 3.97 Å². The largest absolute Gasteiger partial charge is 0.378 e. The number of aromatic nitrogens is 2. The van der Waals surface area contributed by atoms with E-state index in [9.17, 15) is 9.50 Å². The molecule has 104 valence electrons. The Bertz CT molecular complexity index is 695. The summed E-state index contributed by atoms with van der Waals surface area (Å²) in [5, 5.41) is 11.8. The van der Waals surface area contributed by atoms with Crippen LogP contribution < -0.4 is 0 Å². The maximum Gasteiger partial charge on any atom is 0.162 e. The van der Waals surface area contributed by atoms with Gasteiger partial charge in [-0.05, 0) is 30.5 Å². The molecule has 2 unspecified atom stereocenters. The van der Waals surface area contributed by atoms with Crippen LogP contribution in [0.15, 0.2) is 41.8 Å². The molecule has 1 aromatic heterocycles. The van der Waals surface area contributed by atoms with Crippen molar-refractivity contribution >= 4 is 21.9 Å². The summed E-state index contributed by atoms with van der Waals surface area (Å²) in [5.74, 6) is 0.948. The van der Waals surface area contributed by atoms with Crippen molar-refractivity contribution in [3.05, 3.63) is 48.2 Å². The summed E-state index contributed by atoms with van der Waals surface area (Å²) in [6.45, 7) is 0. The third-order valence-corrected chi connectivity index (χ3v) is 6.09. The molecule has 0 spiro atoms. The third kappa shape index (κ3) is 1.87. The molecule has 1 N–H and O–H groups in total. The van der Waals surface area contributed by atoms with Crippen molar-refractivity contribution in [3.8, 4) is 0 Å². The van der Waals surface area contributed by atoms with E-state index in [1.807, 2.05) is 3.97 Å². The Morgan fingerprint density at radius 3 is 3.00 bits per heavy atom. The minimum absolute atomic E-state index is 0.327. The lowest BCUT2D eigenvalue weighted by Gasteiger charge is -2.26. The van der Waals surface area contributed by atoms with Crippen LogP contribution in [0.2, 0.25) is 0 Å². The highest BCUT2D eigenvalue weighted by Gasteiger charge is 2.39. The number of thiol groups is 1. The number of rotatable bonds is 3. The Hall–Kier alpha value is -1.66. The number of aliphatic hydroxyl groups excluding tert-OH is 1. The van der Waals surface area contributed by atoms with Crippen molar-refractivity contribution in [1.82, 2.24) is 8.96 Å². The monoisotopic (exact) mass is 291 g/mol. The van der Waals surface area contributed by atoms with Crippen LogP contribution in [0.5, 0.6) is 0 Å². The van der Waals surface area contributed by atoms with Gasteiger partial charge in [-0.2, -0.15) is 0 Å². The van der Waals surface area contributed by atoms with Crippen LogP contribution in [0.4, 0.5) is 10.2 Å². The number of halogens is 1. The Morgan fingerprint density at radius 1 is 1.40 bits per heavy atom. The smallest absolute Gasteiger partial charge is 0.162 e. The third-order valence-electron chi connectivity index (χ3n) is 3.62. The molecule has 6 heteroatoms. The van der Waals surface area contributed by atoms with Crippen LogP contribution in [0, 0.1) is 11.7 Å². The molecule has 1 aliphatic heterocycles. The summed E-state index contributed by atoms with van der Waals surface area (Å²) in [5.41, 5.74) is -0.137. The van der Waals surface area contributed by atoms with Crippen molar-refractivity contribution < 1.29 is 9.50 Å². The number of benzene rings is 1. The van der Waals surface area contributed by atoms with E-state index in [2.05, 4.69) is 9.98 Å². The minimum atomic E-state index is -1.02. The highest BCUT2D eigenvalue weighted by molar-refractivity contribution is 8.29. The normalized spacial score (nSPS) is 24.3. The second kappa shape index (κ2) is 4.43. The lowest BCUT2D eigenvalue weighted by molar-refractivity contribution is 0.267. The molecule has 2 heterocycles. The average molecular weight is 291 g/mol. The van der Waals surface area contributed by atoms with Gasteiger partial charge in [0.05, 0.1) is 11.2 Å². The Balaban J connectivity index is 1.74. The maximum atomic E-state index is 13.4. The van der Waals surface area contributed by atoms with Crippen molar-refractivity contribution in [2.45, 2.75) is 18.3 Å². The highest BCUT2D eigenvalue weighted by Crippen LogP contribution is 2.55. The molecule has 1 fully saturated rings. The number of nitrogens with zero attached hydrogens (tertiary/aromatic N) is 3. The molecule has 0 saturated heterocycles. The van der Waals surface area contributed by atoms with Crippen LogP contribution in [0.3, 0.4) is 0 Å². The zero-order chi connectivity index (χ0) is 13.7. The predicted octanol–water partition coefficient (Wildman–Crippen LogP) is 2.93. The Morgan fingerprint density at radius 2 is 2.25 bits per heavy atom. The van der Waals surface area contributed by atoms with Crippen molar-refractivity contribution in [1.29, 1.82) is 0 Å². The fourth-order valence-electron chi connectivity index (χ4n) is 2.48. The van der Waals surface area contributed by atoms with E-state index in [4.69, 9.17) is 0 Å². The standard InChI is InChI=1S/C14H14FN3OS/c15-11-3-1-2-10(6-11)14(19)20-13(9-4-5-9)17-12-7-16-8-18(12)20/h1-3,6-9,14,19-20H,4-5H2. The van der Waals surface area contributed by atoms with Crippen LogP contribution in [0.25, 0.3) is 0 Å². The maximum absolute atomic E-state index is 13.4. The lowest BCUT2D eigenvalue weighted by Crippen LogP contribution is -2.11. The first kappa shape index (κ1) is 12.1. The summed E-state index contributed by atoms with van der Waals surface area (Å²) < 4.78 is 15.3. The van der Waals surface area contributed by atoms with Crippen LogP contribution in [0.1, 0.15) is 23.8 Å². The molecule has 4 rings (SSSR count). The number of hydrogen-bond donors (Lipinski definition) is 2. The lowest BCUT2D eigenvalue weighted by atomic mass is 10.2. The van der Waals surface area contributed by atoms with E-state index < -0.39 is 16.5 Å². The molecular weight excluding hydrogens is 277 g/mol. The molecule has 0 bridgehead atoms. The minimum Gasteiger partial charge on any atom is -0.378 e.